The fourth-order valence-corrected chi connectivity index (χ4v) is 2.49. The van der Waals surface area contributed by atoms with Crippen molar-refractivity contribution in [3.63, 3.8) is 0 Å². The summed E-state index contributed by atoms with van der Waals surface area (Å²) in [6.45, 7) is 0. The van der Waals surface area contributed by atoms with E-state index in [1.54, 1.807) is 6.26 Å². The number of hydrogen-bond donors (Lipinski definition) is 1. The Labute approximate surface area is 158 Å². The van der Waals surface area contributed by atoms with Crippen LogP contribution in [0.25, 0.3) is 0 Å². The number of amides is 1. The van der Waals surface area contributed by atoms with E-state index >= 15 is 0 Å². The number of benzene rings is 1. The molecule has 0 atom stereocenters. The molecule has 26 heavy (non-hydrogen) atoms. The maximum atomic E-state index is 12.5. The molecule has 0 fully saturated rings. The molecular weight excluding hydrogens is 382 g/mol. The topological polar surface area (TPSA) is 107 Å². The zero-order valence-electron chi connectivity index (χ0n) is 14.0. The SMILES string of the molecule is COC(=O)c1cc(NC(=O)c2nc(SC)ncc2Cl)cc(C(=O)OC)c1. The number of carbonyl (C=O) groups excluding carboxylic acids is 3. The normalized spacial score (nSPS) is 10.2. The molecule has 8 nitrogen and oxygen atoms in total. The van der Waals surface area contributed by atoms with Gasteiger partial charge < -0.3 is 14.8 Å². The van der Waals surface area contributed by atoms with Crippen LogP contribution in [0.5, 0.6) is 0 Å². The average molecular weight is 396 g/mol. The fourth-order valence-electron chi connectivity index (χ4n) is 1.97. The molecule has 1 aromatic heterocycles. The van der Waals surface area contributed by atoms with Gasteiger partial charge in [0, 0.05) is 5.69 Å². The van der Waals surface area contributed by atoms with Gasteiger partial charge in [-0.2, -0.15) is 0 Å². The summed E-state index contributed by atoms with van der Waals surface area (Å²) >= 11 is 7.23. The third-order valence-corrected chi connectivity index (χ3v) is 3.99. The predicted molar refractivity (Wildman–Crippen MR) is 95.9 cm³/mol. The lowest BCUT2D eigenvalue weighted by atomic mass is 10.1. The molecule has 10 heteroatoms. The molecule has 0 saturated heterocycles. The van der Waals surface area contributed by atoms with E-state index in [1.807, 2.05) is 0 Å². The van der Waals surface area contributed by atoms with Gasteiger partial charge in [0.05, 0.1) is 36.6 Å². The largest absolute Gasteiger partial charge is 0.465 e. The minimum Gasteiger partial charge on any atom is -0.465 e. The standard InChI is InChI=1S/C16H14ClN3O5S/c1-24-14(22)8-4-9(15(23)25-2)6-10(5-8)19-13(21)12-11(17)7-18-16(20-12)26-3/h4-7H,1-3H3,(H,19,21). The van der Waals surface area contributed by atoms with Crippen LogP contribution in [0, 0.1) is 0 Å². The number of thioether (sulfide) groups is 1. The summed E-state index contributed by atoms with van der Waals surface area (Å²) in [5.41, 5.74) is 0.293. The number of anilines is 1. The van der Waals surface area contributed by atoms with Gasteiger partial charge in [0.25, 0.3) is 5.91 Å². The minimum absolute atomic E-state index is 0.0332. The van der Waals surface area contributed by atoms with E-state index in [4.69, 9.17) is 11.6 Å². The number of methoxy groups -OCH3 is 2. The van der Waals surface area contributed by atoms with Crippen LogP contribution >= 0.6 is 23.4 Å². The first-order chi connectivity index (χ1) is 12.4. The number of hydrogen-bond acceptors (Lipinski definition) is 8. The summed E-state index contributed by atoms with van der Waals surface area (Å²) in [6, 6.07) is 4.03. The van der Waals surface area contributed by atoms with Gasteiger partial charge >= 0.3 is 11.9 Å². The second-order valence-corrected chi connectivity index (χ2v) is 5.97. The molecule has 2 aromatic rings. The van der Waals surface area contributed by atoms with Crippen LogP contribution in [0.2, 0.25) is 5.02 Å². The van der Waals surface area contributed by atoms with Crippen molar-refractivity contribution in [2.24, 2.45) is 0 Å². The molecule has 1 amide bonds. The van der Waals surface area contributed by atoms with Gasteiger partial charge in [-0.1, -0.05) is 23.4 Å². The number of rotatable bonds is 5. The molecule has 0 aliphatic rings. The lowest BCUT2D eigenvalue weighted by Gasteiger charge is -2.10. The Morgan fingerprint density at radius 3 is 2.15 bits per heavy atom. The second-order valence-electron chi connectivity index (χ2n) is 4.79. The highest BCUT2D eigenvalue weighted by molar-refractivity contribution is 7.98. The fraction of sp³-hybridized carbons (Fsp3) is 0.188. The van der Waals surface area contributed by atoms with E-state index in [9.17, 15) is 14.4 Å². The number of esters is 2. The van der Waals surface area contributed by atoms with Crippen molar-refractivity contribution < 1.29 is 23.9 Å². The van der Waals surface area contributed by atoms with Crippen molar-refractivity contribution in [3.05, 3.63) is 46.2 Å². The smallest absolute Gasteiger partial charge is 0.337 e. The molecule has 0 aliphatic heterocycles. The summed E-state index contributed by atoms with van der Waals surface area (Å²) in [5, 5.41) is 2.99. The van der Waals surface area contributed by atoms with E-state index in [2.05, 4.69) is 24.8 Å². The van der Waals surface area contributed by atoms with Crippen molar-refractivity contribution in [3.8, 4) is 0 Å². The molecule has 136 valence electrons. The first kappa shape index (κ1) is 19.7. The summed E-state index contributed by atoms with van der Waals surface area (Å²) < 4.78 is 9.30. The third kappa shape index (κ3) is 4.50. The molecule has 1 N–H and O–H groups in total. The molecule has 0 saturated carbocycles. The van der Waals surface area contributed by atoms with Crippen LogP contribution in [0.4, 0.5) is 5.69 Å². The van der Waals surface area contributed by atoms with Gasteiger partial charge in [-0.05, 0) is 24.5 Å². The Balaban J connectivity index is 2.40. The highest BCUT2D eigenvalue weighted by atomic mass is 35.5. The third-order valence-electron chi connectivity index (χ3n) is 3.15. The molecule has 1 heterocycles. The van der Waals surface area contributed by atoms with Crippen molar-refractivity contribution in [1.29, 1.82) is 0 Å². The number of nitrogens with one attached hydrogen (secondary N) is 1. The molecular formula is C16H14ClN3O5S. The van der Waals surface area contributed by atoms with Crippen molar-refractivity contribution >= 4 is 46.9 Å². The average Bonchev–Trinajstić information content (AvgIpc) is 2.66. The summed E-state index contributed by atoms with van der Waals surface area (Å²) in [7, 11) is 2.41. The van der Waals surface area contributed by atoms with Crippen LogP contribution in [-0.4, -0.2) is 48.3 Å². The van der Waals surface area contributed by atoms with E-state index < -0.39 is 17.8 Å². The van der Waals surface area contributed by atoms with E-state index in [1.165, 1.54) is 50.4 Å². The Morgan fingerprint density at radius 1 is 1.08 bits per heavy atom. The molecule has 0 bridgehead atoms. The van der Waals surface area contributed by atoms with E-state index in [0.29, 0.717) is 5.16 Å². The zero-order chi connectivity index (χ0) is 19.3. The van der Waals surface area contributed by atoms with Gasteiger partial charge in [0.1, 0.15) is 0 Å². The highest BCUT2D eigenvalue weighted by Crippen LogP contribution is 2.21. The minimum atomic E-state index is -0.670. The van der Waals surface area contributed by atoms with Crippen LogP contribution in [0.3, 0.4) is 0 Å². The molecule has 1 aromatic carbocycles. The van der Waals surface area contributed by atoms with Gasteiger partial charge in [-0.15, -0.1) is 0 Å². The lowest BCUT2D eigenvalue weighted by Crippen LogP contribution is -2.16. The first-order valence-electron chi connectivity index (χ1n) is 7.09. The van der Waals surface area contributed by atoms with Gasteiger partial charge in [-0.3, -0.25) is 4.79 Å². The molecule has 0 radical (unpaired) electrons. The monoisotopic (exact) mass is 395 g/mol. The van der Waals surface area contributed by atoms with Crippen LogP contribution in [-0.2, 0) is 9.47 Å². The Morgan fingerprint density at radius 2 is 1.65 bits per heavy atom. The number of aromatic nitrogens is 2. The number of carbonyl (C=O) groups is 3. The van der Waals surface area contributed by atoms with Crippen molar-refractivity contribution in [1.82, 2.24) is 9.97 Å². The summed E-state index contributed by atoms with van der Waals surface area (Å²) in [4.78, 5) is 44.1. The maximum Gasteiger partial charge on any atom is 0.337 e. The quantitative estimate of drug-likeness (QED) is 0.467. The Hall–Kier alpha value is -2.65. The van der Waals surface area contributed by atoms with Crippen LogP contribution in [0.15, 0.2) is 29.6 Å². The zero-order valence-corrected chi connectivity index (χ0v) is 15.6. The maximum absolute atomic E-state index is 12.5. The van der Waals surface area contributed by atoms with Crippen molar-refractivity contribution in [2.45, 2.75) is 5.16 Å². The number of nitrogens with zero attached hydrogens (tertiary/aromatic N) is 2. The lowest BCUT2D eigenvalue weighted by molar-refractivity contribution is 0.0599. The predicted octanol–water partition coefficient (Wildman–Crippen LogP) is 2.68. The van der Waals surface area contributed by atoms with E-state index in [-0.39, 0.29) is 27.5 Å². The number of ether oxygens (including phenoxy) is 2. The Kier molecular flexibility index (Phi) is 6.53. The Bertz CT molecular complexity index is 841. The first-order valence-corrected chi connectivity index (χ1v) is 8.69. The molecule has 0 aliphatic carbocycles. The summed E-state index contributed by atoms with van der Waals surface area (Å²) in [5.74, 6) is -1.96. The van der Waals surface area contributed by atoms with E-state index in [0.717, 1.165) is 0 Å². The van der Waals surface area contributed by atoms with Crippen LogP contribution < -0.4 is 5.32 Å². The second kappa shape index (κ2) is 8.63. The van der Waals surface area contributed by atoms with Gasteiger partial charge in [0.15, 0.2) is 10.9 Å². The van der Waals surface area contributed by atoms with Crippen LogP contribution in [0.1, 0.15) is 31.2 Å². The summed E-state index contributed by atoms with van der Waals surface area (Å²) in [6.07, 6.45) is 3.08. The highest BCUT2D eigenvalue weighted by Gasteiger charge is 2.18. The van der Waals surface area contributed by atoms with Crippen molar-refractivity contribution in [2.75, 3.05) is 25.8 Å². The molecule has 0 spiro atoms. The van der Waals surface area contributed by atoms with Gasteiger partial charge in [-0.25, -0.2) is 19.6 Å². The molecule has 0 unspecified atom stereocenters. The number of halogens is 1. The molecule has 2 rings (SSSR count). The van der Waals surface area contributed by atoms with Gasteiger partial charge in [0.2, 0.25) is 0 Å².